The zero-order valence-corrected chi connectivity index (χ0v) is 8.41. The standard InChI is InChI=1S/C10H14N2O2/c1-4-7-8(11)6-12(3)9(7)10(13)14-5-2/h4,6H,1,5,11H2,2-3H3. The van der Waals surface area contributed by atoms with Crippen LogP contribution in [0.5, 0.6) is 0 Å². The van der Waals surface area contributed by atoms with Gasteiger partial charge in [0, 0.05) is 18.8 Å². The molecule has 0 fully saturated rings. The van der Waals surface area contributed by atoms with Crippen molar-refractivity contribution in [2.75, 3.05) is 12.3 Å². The molecule has 0 aliphatic carbocycles. The van der Waals surface area contributed by atoms with Gasteiger partial charge in [0.2, 0.25) is 0 Å². The van der Waals surface area contributed by atoms with Gasteiger partial charge < -0.3 is 15.0 Å². The molecule has 0 radical (unpaired) electrons. The molecule has 76 valence electrons. The molecule has 4 nitrogen and oxygen atoms in total. The molecule has 0 saturated heterocycles. The third kappa shape index (κ3) is 1.64. The SMILES string of the molecule is C=Cc1c(N)cn(C)c1C(=O)OCC. The van der Waals surface area contributed by atoms with E-state index in [1.807, 2.05) is 0 Å². The van der Waals surface area contributed by atoms with Crippen molar-refractivity contribution in [1.82, 2.24) is 4.57 Å². The predicted molar refractivity (Wildman–Crippen MR) is 55.9 cm³/mol. The number of aryl methyl sites for hydroxylation is 1. The van der Waals surface area contributed by atoms with Crippen LogP contribution in [0.4, 0.5) is 5.69 Å². The van der Waals surface area contributed by atoms with Crippen molar-refractivity contribution < 1.29 is 9.53 Å². The fraction of sp³-hybridized carbons (Fsp3) is 0.300. The molecule has 0 spiro atoms. The number of nitrogens with zero attached hydrogens (tertiary/aromatic N) is 1. The normalized spacial score (nSPS) is 9.86. The molecule has 0 aliphatic rings. The number of esters is 1. The van der Waals surface area contributed by atoms with Gasteiger partial charge in [-0.1, -0.05) is 12.7 Å². The van der Waals surface area contributed by atoms with Crippen molar-refractivity contribution in [3.8, 4) is 0 Å². The quantitative estimate of drug-likeness (QED) is 0.740. The van der Waals surface area contributed by atoms with Gasteiger partial charge in [-0.05, 0) is 6.92 Å². The lowest BCUT2D eigenvalue weighted by atomic mass is 10.2. The average Bonchev–Trinajstić information content (AvgIpc) is 2.40. The maximum atomic E-state index is 11.5. The van der Waals surface area contributed by atoms with Crippen LogP contribution in [0.3, 0.4) is 0 Å². The first-order chi connectivity index (χ1) is 6.61. The van der Waals surface area contributed by atoms with Gasteiger partial charge in [0.05, 0.1) is 12.3 Å². The Balaban J connectivity index is 3.18. The van der Waals surface area contributed by atoms with Gasteiger partial charge in [0.15, 0.2) is 0 Å². The molecule has 0 atom stereocenters. The van der Waals surface area contributed by atoms with E-state index in [2.05, 4.69) is 6.58 Å². The second-order valence-corrected chi connectivity index (χ2v) is 2.88. The summed E-state index contributed by atoms with van der Waals surface area (Å²) < 4.78 is 6.54. The number of nitrogen functional groups attached to an aromatic ring is 1. The van der Waals surface area contributed by atoms with Crippen LogP contribution in [0, 0.1) is 0 Å². The smallest absolute Gasteiger partial charge is 0.355 e. The summed E-state index contributed by atoms with van der Waals surface area (Å²) in [6.45, 7) is 5.72. The summed E-state index contributed by atoms with van der Waals surface area (Å²) in [7, 11) is 1.75. The number of carbonyl (C=O) groups is 1. The Hall–Kier alpha value is -1.71. The number of ether oxygens (including phenoxy) is 1. The van der Waals surface area contributed by atoms with E-state index in [1.165, 1.54) is 0 Å². The average molecular weight is 194 g/mol. The number of anilines is 1. The van der Waals surface area contributed by atoms with Crippen LogP contribution in [0.15, 0.2) is 12.8 Å². The van der Waals surface area contributed by atoms with Crippen molar-refractivity contribution in [1.29, 1.82) is 0 Å². The van der Waals surface area contributed by atoms with Gasteiger partial charge in [0.1, 0.15) is 5.69 Å². The largest absolute Gasteiger partial charge is 0.461 e. The molecule has 4 heteroatoms. The predicted octanol–water partition coefficient (Wildman–Crippen LogP) is 1.43. The van der Waals surface area contributed by atoms with E-state index in [-0.39, 0.29) is 5.97 Å². The highest BCUT2D eigenvalue weighted by atomic mass is 16.5. The van der Waals surface area contributed by atoms with Crippen molar-refractivity contribution in [3.05, 3.63) is 24.0 Å². The molecule has 0 bridgehead atoms. The molecule has 0 saturated carbocycles. The van der Waals surface area contributed by atoms with E-state index in [0.29, 0.717) is 23.6 Å². The highest BCUT2D eigenvalue weighted by Crippen LogP contribution is 2.20. The Morgan fingerprint density at radius 3 is 2.93 bits per heavy atom. The Morgan fingerprint density at radius 1 is 1.79 bits per heavy atom. The molecule has 1 aromatic rings. The van der Waals surface area contributed by atoms with E-state index in [4.69, 9.17) is 10.5 Å². The lowest BCUT2D eigenvalue weighted by Crippen LogP contribution is -2.10. The van der Waals surface area contributed by atoms with Crippen LogP contribution in [-0.2, 0) is 11.8 Å². The second kappa shape index (κ2) is 4.00. The molecule has 0 unspecified atom stereocenters. The molecule has 1 aromatic heterocycles. The van der Waals surface area contributed by atoms with Crippen LogP contribution < -0.4 is 5.73 Å². The minimum Gasteiger partial charge on any atom is -0.461 e. The van der Waals surface area contributed by atoms with E-state index in [0.717, 1.165) is 0 Å². The summed E-state index contributed by atoms with van der Waals surface area (Å²) in [6, 6.07) is 0. The van der Waals surface area contributed by atoms with E-state index >= 15 is 0 Å². The maximum absolute atomic E-state index is 11.5. The van der Waals surface area contributed by atoms with Gasteiger partial charge in [-0.25, -0.2) is 4.79 Å². The van der Waals surface area contributed by atoms with Crippen molar-refractivity contribution >= 4 is 17.7 Å². The van der Waals surface area contributed by atoms with Crippen LogP contribution in [-0.4, -0.2) is 17.1 Å². The fourth-order valence-electron chi connectivity index (χ4n) is 1.34. The summed E-state index contributed by atoms with van der Waals surface area (Å²) in [5.41, 5.74) is 7.29. The Bertz CT molecular complexity index is 366. The summed E-state index contributed by atoms with van der Waals surface area (Å²) in [6.07, 6.45) is 3.23. The zero-order chi connectivity index (χ0) is 10.7. The topological polar surface area (TPSA) is 57.2 Å². The molecule has 1 heterocycles. The van der Waals surface area contributed by atoms with Crippen molar-refractivity contribution in [3.63, 3.8) is 0 Å². The zero-order valence-electron chi connectivity index (χ0n) is 8.41. The van der Waals surface area contributed by atoms with E-state index in [1.54, 1.807) is 30.8 Å². The Morgan fingerprint density at radius 2 is 2.43 bits per heavy atom. The Kier molecular flexibility index (Phi) is 2.96. The minimum absolute atomic E-state index is 0.348. The van der Waals surface area contributed by atoms with Crippen LogP contribution in [0.25, 0.3) is 6.08 Å². The summed E-state index contributed by atoms with van der Waals surface area (Å²) in [5, 5.41) is 0. The van der Waals surface area contributed by atoms with Crippen LogP contribution in [0.2, 0.25) is 0 Å². The number of carbonyl (C=O) groups excluding carboxylic acids is 1. The second-order valence-electron chi connectivity index (χ2n) is 2.88. The Labute approximate surface area is 83.0 Å². The molecular weight excluding hydrogens is 180 g/mol. The first kappa shape index (κ1) is 10.4. The minimum atomic E-state index is -0.374. The third-order valence-electron chi connectivity index (χ3n) is 1.92. The highest BCUT2D eigenvalue weighted by molar-refractivity contribution is 5.94. The lowest BCUT2D eigenvalue weighted by Gasteiger charge is -2.04. The molecule has 0 aromatic carbocycles. The van der Waals surface area contributed by atoms with Crippen molar-refractivity contribution in [2.45, 2.75) is 6.92 Å². The maximum Gasteiger partial charge on any atom is 0.355 e. The summed E-state index contributed by atoms with van der Waals surface area (Å²) in [4.78, 5) is 11.5. The number of hydrogen-bond donors (Lipinski definition) is 1. The van der Waals surface area contributed by atoms with Gasteiger partial charge in [-0.15, -0.1) is 0 Å². The van der Waals surface area contributed by atoms with E-state index < -0.39 is 0 Å². The van der Waals surface area contributed by atoms with Gasteiger partial charge in [-0.3, -0.25) is 0 Å². The van der Waals surface area contributed by atoms with Crippen LogP contribution in [0.1, 0.15) is 23.0 Å². The first-order valence-electron chi connectivity index (χ1n) is 4.36. The van der Waals surface area contributed by atoms with E-state index in [9.17, 15) is 4.79 Å². The molecule has 2 N–H and O–H groups in total. The van der Waals surface area contributed by atoms with Gasteiger partial charge in [0.25, 0.3) is 0 Å². The fourth-order valence-corrected chi connectivity index (χ4v) is 1.34. The highest BCUT2D eigenvalue weighted by Gasteiger charge is 2.17. The monoisotopic (exact) mass is 194 g/mol. The van der Waals surface area contributed by atoms with Crippen LogP contribution >= 0.6 is 0 Å². The summed E-state index contributed by atoms with van der Waals surface area (Å²) in [5.74, 6) is -0.374. The molecular formula is C10H14N2O2. The number of rotatable bonds is 3. The summed E-state index contributed by atoms with van der Waals surface area (Å²) >= 11 is 0. The lowest BCUT2D eigenvalue weighted by molar-refractivity contribution is 0.0515. The van der Waals surface area contributed by atoms with Crippen molar-refractivity contribution in [2.24, 2.45) is 7.05 Å². The molecule has 0 amide bonds. The number of nitrogens with two attached hydrogens (primary N) is 1. The van der Waals surface area contributed by atoms with Gasteiger partial charge >= 0.3 is 5.97 Å². The molecule has 14 heavy (non-hydrogen) atoms. The number of aromatic nitrogens is 1. The van der Waals surface area contributed by atoms with Gasteiger partial charge in [-0.2, -0.15) is 0 Å². The third-order valence-corrected chi connectivity index (χ3v) is 1.92. The molecule has 1 rings (SSSR count). The first-order valence-corrected chi connectivity index (χ1v) is 4.36. The molecule has 0 aliphatic heterocycles. The number of hydrogen-bond acceptors (Lipinski definition) is 3.